The van der Waals surface area contributed by atoms with E-state index in [1.165, 1.54) is 10.1 Å². The largest absolute Gasteiger partial charge is 0.447 e. The molecule has 2 amide bonds. The quantitative estimate of drug-likeness (QED) is 0.529. The molecule has 1 aliphatic rings. The van der Waals surface area contributed by atoms with Crippen LogP contribution in [0.15, 0.2) is 67.3 Å². The Hall–Kier alpha value is -2.66. The zero-order chi connectivity index (χ0) is 20.1. The van der Waals surface area contributed by atoms with Crippen molar-refractivity contribution in [2.24, 2.45) is 0 Å². The summed E-state index contributed by atoms with van der Waals surface area (Å²) in [6, 6.07) is 18.9. The van der Waals surface area contributed by atoms with Crippen LogP contribution < -0.4 is 5.19 Å². The first-order chi connectivity index (χ1) is 13.4. The van der Waals surface area contributed by atoms with Gasteiger partial charge >= 0.3 is 6.09 Å². The van der Waals surface area contributed by atoms with Crippen molar-refractivity contribution in [2.75, 3.05) is 6.61 Å². The summed E-state index contributed by atoms with van der Waals surface area (Å²) < 4.78 is 5.16. The molecular formula is C23H27NO3Si. The van der Waals surface area contributed by atoms with Gasteiger partial charge in [-0.1, -0.05) is 79.0 Å². The van der Waals surface area contributed by atoms with Gasteiger partial charge in [0.15, 0.2) is 0 Å². The van der Waals surface area contributed by atoms with Gasteiger partial charge in [-0.3, -0.25) is 4.79 Å². The van der Waals surface area contributed by atoms with Crippen LogP contribution in [0.4, 0.5) is 4.79 Å². The Morgan fingerprint density at radius 2 is 1.82 bits per heavy atom. The molecule has 1 aliphatic heterocycles. The van der Waals surface area contributed by atoms with Gasteiger partial charge in [-0.2, -0.15) is 0 Å². The minimum absolute atomic E-state index is 0.199. The first kappa shape index (κ1) is 20.1. The molecule has 4 nitrogen and oxygen atoms in total. The highest BCUT2D eigenvalue weighted by atomic mass is 28.3. The molecule has 0 bridgehead atoms. The molecular weight excluding hydrogens is 366 g/mol. The van der Waals surface area contributed by atoms with Crippen molar-refractivity contribution in [1.82, 2.24) is 4.90 Å². The van der Waals surface area contributed by atoms with E-state index in [2.05, 4.69) is 31.8 Å². The van der Waals surface area contributed by atoms with Crippen molar-refractivity contribution in [3.05, 3.63) is 78.4 Å². The van der Waals surface area contributed by atoms with Crippen LogP contribution in [0.3, 0.4) is 0 Å². The van der Waals surface area contributed by atoms with Gasteiger partial charge in [-0.25, -0.2) is 9.69 Å². The first-order valence-corrected chi connectivity index (χ1v) is 12.8. The molecule has 1 heterocycles. The summed E-state index contributed by atoms with van der Waals surface area (Å²) in [4.78, 5) is 26.3. The fourth-order valence-corrected chi connectivity index (χ4v) is 5.64. The molecule has 0 N–H and O–H groups in total. The van der Waals surface area contributed by atoms with E-state index >= 15 is 0 Å². The molecule has 0 saturated carbocycles. The molecule has 5 heteroatoms. The topological polar surface area (TPSA) is 46.6 Å². The summed E-state index contributed by atoms with van der Waals surface area (Å²) in [7, 11) is -1.52. The normalized spacial score (nSPS) is 16.7. The molecule has 1 fully saturated rings. The number of ether oxygens (including phenoxy) is 1. The van der Waals surface area contributed by atoms with Gasteiger partial charge in [-0.15, -0.1) is 6.58 Å². The second kappa shape index (κ2) is 8.57. The van der Waals surface area contributed by atoms with Gasteiger partial charge < -0.3 is 4.74 Å². The lowest BCUT2D eigenvalue weighted by Crippen LogP contribution is -2.41. The van der Waals surface area contributed by atoms with E-state index in [0.717, 1.165) is 17.2 Å². The minimum atomic E-state index is -1.52. The van der Waals surface area contributed by atoms with E-state index in [0.29, 0.717) is 6.42 Å². The molecule has 1 unspecified atom stereocenters. The highest BCUT2D eigenvalue weighted by Gasteiger charge is 2.37. The molecule has 146 valence electrons. The smallest absolute Gasteiger partial charge is 0.416 e. The predicted octanol–water partition coefficient (Wildman–Crippen LogP) is 3.92. The molecule has 0 radical (unpaired) electrons. The lowest BCUT2D eigenvalue weighted by atomic mass is 10.0. The standard InChI is InChI=1S/C23H27NO3Si/c1-4-14-28(2,3)21-12-10-19(11-13-21)16-22(25)24-20(17-27-23(24)26)15-18-8-6-5-7-9-18/h4-13,20H,1,14-17H2,2-3H3. The van der Waals surface area contributed by atoms with E-state index < -0.39 is 14.2 Å². The monoisotopic (exact) mass is 393 g/mol. The molecule has 1 saturated heterocycles. The Labute approximate surface area is 167 Å². The van der Waals surface area contributed by atoms with Crippen LogP contribution in [-0.4, -0.2) is 37.6 Å². The number of amides is 2. The van der Waals surface area contributed by atoms with Gasteiger partial charge in [0.05, 0.1) is 20.5 Å². The molecule has 2 aromatic carbocycles. The Morgan fingerprint density at radius 1 is 1.14 bits per heavy atom. The van der Waals surface area contributed by atoms with Gasteiger partial charge in [0, 0.05) is 0 Å². The maximum Gasteiger partial charge on any atom is 0.416 e. The van der Waals surface area contributed by atoms with Crippen LogP contribution >= 0.6 is 0 Å². The summed E-state index contributed by atoms with van der Waals surface area (Å²) in [5, 5.41) is 1.34. The molecule has 28 heavy (non-hydrogen) atoms. The lowest BCUT2D eigenvalue weighted by Gasteiger charge is -2.22. The van der Waals surface area contributed by atoms with Crippen LogP contribution in [0.5, 0.6) is 0 Å². The molecule has 1 atom stereocenters. The second-order valence-electron chi connectivity index (χ2n) is 7.93. The zero-order valence-corrected chi connectivity index (χ0v) is 17.6. The first-order valence-electron chi connectivity index (χ1n) is 9.64. The fraction of sp³-hybridized carbons (Fsp3) is 0.304. The van der Waals surface area contributed by atoms with Crippen LogP contribution in [0.1, 0.15) is 11.1 Å². The number of nitrogens with zero attached hydrogens (tertiary/aromatic N) is 1. The maximum atomic E-state index is 12.8. The second-order valence-corrected chi connectivity index (χ2v) is 12.7. The average Bonchev–Trinajstić information content (AvgIpc) is 3.03. The molecule has 2 aromatic rings. The summed E-state index contributed by atoms with van der Waals surface area (Å²) in [6.07, 6.45) is 2.25. The third kappa shape index (κ3) is 4.60. The van der Waals surface area contributed by atoms with Gasteiger partial charge in [0.2, 0.25) is 5.91 Å². The summed E-state index contributed by atoms with van der Waals surface area (Å²) in [5.74, 6) is -0.209. The molecule has 3 rings (SSSR count). The third-order valence-corrected chi connectivity index (χ3v) is 8.49. The Bertz CT molecular complexity index is 846. The Morgan fingerprint density at radius 3 is 2.46 bits per heavy atom. The van der Waals surface area contributed by atoms with Crippen molar-refractivity contribution in [3.63, 3.8) is 0 Å². The summed E-state index contributed by atoms with van der Waals surface area (Å²) in [6.45, 7) is 8.72. The van der Waals surface area contributed by atoms with Gasteiger partial charge in [0.1, 0.15) is 6.61 Å². The lowest BCUT2D eigenvalue weighted by molar-refractivity contribution is -0.128. The van der Waals surface area contributed by atoms with E-state index in [1.807, 2.05) is 48.5 Å². The van der Waals surface area contributed by atoms with Crippen LogP contribution in [0.2, 0.25) is 19.1 Å². The number of hydrogen-bond donors (Lipinski definition) is 0. The third-order valence-electron chi connectivity index (χ3n) is 5.29. The number of benzene rings is 2. The van der Waals surface area contributed by atoms with Gasteiger partial charge in [0.25, 0.3) is 0 Å². The molecule has 0 aliphatic carbocycles. The summed E-state index contributed by atoms with van der Waals surface area (Å²) in [5.41, 5.74) is 2.00. The number of cyclic esters (lactones) is 1. The SMILES string of the molecule is C=CC[Si](C)(C)c1ccc(CC(=O)N2C(=O)OCC2Cc2ccccc2)cc1. The number of rotatable bonds is 7. The maximum absolute atomic E-state index is 12.8. The molecule has 0 aromatic heterocycles. The van der Waals surface area contributed by atoms with Crippen molar-refractivity contribution >= 4 is 25.3 Å². The fourth-order valence-electron chi connectivity index (χ4n) is 3.61. The summed E-state index contributed by atoms with van der Waals surface area (Å²) >= 11 is 0. The predicted molar refractivity (Wildman–Crippen MR) is 114 cm³/mol. The van der Waals surface area contributed by atoms with E-state index in [1.54, 1.807) is 0 Å². The minimum Gasteiger partial charge on any atom is -0.447 e. The number of carbonyl (C=O) groups is 2. The van der Waals surface area contributed by atoms with Crippen LogP contribution in [-0.2, 0) is 22.4 Å². The zero-order valence-electron chi connectivity index (χ0n) is 16.6. The van der Waals surface area contributed by atoms with Crippen LogP contribution in [0, 0.1) is 0 Å². The van der Waals surface area contributed by atoms with Crippen molar-refractivity contribution in [1.29, 1.82) is 0 Å². The average molecular weight is 394 g/mol. The number of carbonyl (C=O) groups excluding carboxylic acids is 2. The Balaban J connectivity index is 1.68. The van der Waals surface area contributed by atoms with Crippen molar-refractivity contribution in [2.45, 2.75) is 38.0 Å². The van der Waals surface area contributed by atoms with E-state index in [9.17, 15) is 9.59 Å². The number of hydrogen-bond acceptors (Lipinski definition) is 3. The Kier molecular flexibility index (Phi) is 6.14. The van der Waals surface area contributed by atoms with E-state index in [-0.39, 0.29) is 25.0 Å². The highest BCUT2D eigenvalue weighted by molar-refractivity contribution is 6.90. The number of allylic oxidation sites excluding steroid dienone is 1. The van der Waals surface area contributed by atoms with Crippen LogP contribution in [0.25, 0.3) is 0 Å². The van der Waals surface area contributed by atoms with Crippen molar-refractivity contribution in [3.8, 4) is 0 Å². The van der Waals surface area contributed by atoms with E-state index in [4.69, 9.17) is 4.74 Å². The highest BCUT2D eigenvalue weighted by Crippen LogP contribution is 2.19. The van der Waals surface area contributed by atoms with Crippen molar-refractivity contribution < 1.29 is 14.3 Å². The number of imide groups is 1. The van der Waals surface area contributed by atoms with Gasteiger partial charge in [-0.05, 0) is 23.6 Å². The molecule has 0 spiro atoms.